The lowest BCUT2D eigenvalue weighted by molar-refractivity contribution is -0.122. The van der Waals surface area contributed by atoms with Crippen LogP contribution in [-0.2, 0) is 9.53 Å². The summed E-state index contributed by atoms with van der Waals surface area (Å²) in [4.78, 5) is 11.0. The van der Waals surface area contributed by atoms with Crippen LogP contribution in [-0.4, -0.2) is 33.2 Å². The van der Waals surface area contributed by atoms with Gasteiger partial charge >= 0.3 is 0 Å². The molecule has 0 aliphatic carbocycles. The van der Waals surface area contributed by atoms with E-state index in [1.807, 2.05) is 0 Å². The Morgan fingerprint density at radius 1 is 1.55 bits per heavy atom. The highest BCUT2D eigenvalue weighted by Gasteiger charge is 2.18. The molecule has 0 rings (SSSR count). The van der Waals surface area contributed by atoms with E-state index < -0.39 is 6.04 Å². The highest BCUT2D eigenvalue weighted by Crippen LogP contribution is 1.98. The predicted octanol–water partition coefficient (Wildman–Crippen LogP) is -0.520. The SMILES string of the molecule is C=C(OC)C(NC)C(=O)NC. The lowest BCUT2D eigenvalue weighted by Gasteiger charge is -2.15. The minimum atomic E-state index is -0.468. The molecule has 11 heavy (non-hydrogen) atoms. The topological polar surface area (TPSA) is 50.4 Å². The number of ether oxygens (including phenoxy) is 1. The number of likely N-dealkylation sites (N-methyl/N-ethyl adjacent to an activating group) is 2. The predicted molar refractivity (Wildman–Crippen MR) is 43.1 cm³/mol. The van der Waals surface area contributed by atoms with Crippen LogP contribution >= 0.6 is 0 Å². The van der Waals surface area contributed by atoms with Crippen molar-refractivity contribution in [3.63, 3.8) is 0 Å². The Morgan fingerprint density at radius 2 is 2.09 bits per heavy atom. The van der Waals surface area contributed by atoms with E-state index in [-0.39, 0.29) is 5.91 Å². The molecule has 64 valence electrons. The average molecular weight is 158 g/mol. The molecule has 0 saturated carbocycles. The summed E-state index contributed by atoms with van der Waals surface area (Å²) in [5, 5.41) is 5.26. The summed E-state index contributed by atoms with van der Waals surface area (Å²) in [7, 11) is 4.72. The fourth-order valence-corrected chi connectivity index (χ4v) is 0.700. The molecular weight excluding hydrogens is 144 g/mol. The zero-order valence-corrected chi connectivity index (χ0v) is 7.10. The Kier molecular flexibility index (Phi) is 4.29. The first-order chi connectivity index (χ1) is 5.17. The Bertz CT molecular complexity index is 141. The maximum atomic E-state index is 11.0. The van der Waals surface area contributed by atoms with E-state index in [1.54, 1.807) is 14.1 Å². The van der Waals surface area contributed by atoms with Gasteiger partial charge in [-0.3, -0.25) is 4.79 Å². The van der Waals surface area contributed by atoms with Gasteiger partial charge in [0, 0.05) is 7.05 Å². The van der Waals surface area contributed by atoms with E-state index in [0.717, 1.165) is 0 Å². The van der Waals surface area contributed by atoms with E-state index in [2.05, 4.69) is 17.2 Å². The van der Waals surface area contributed by atoms with Crippen molar-refractivity contribution in [3.8, 4) is 0 Å². The van der Waals surface area contributed by atoms with Gasteiger partial charge in [0.15, 0.2) is 0 Å². The zero-order valence-electron chi connectivity index (χ0n) is 7.10. The molecule has 0 fully saturated rings. The maximum absolute atomic E-state index is 11.0. The molecule has 4 nitrogen and oxygen atoms in total. The number of hydrogen-bond acceptors (Lipinski definition) is 3. The van der Waals surface area contributed by atoms with Crippen molar-refractivity contribution in [2.24, 2.45) is 0 Å². The van der Waals surface area contributed by atoms with E-state index in [4.69, 9.17) is 4.74 Å². The highest BCUT2D eigenvalue weighted by atomic mass is 16.5. The van der Waals surface area contributed by atoms with Crippen molar-refractivity contribution in [2.45, 2.75) is 6.04 Å². The molecule has 0 aliphatic heterocycles. The molecule has 0 bridgehead atoms. The van der Waals surface area contributed by atoms with Crippen LogP contribution in [0, 0.1) is 0 Å². The summed E-state index contributed by atoms with van der Waals surface area (Å²) >= 11 is 0. The van der Waals surface area contributed by atoms with E-state index in [0.29, 0.717) is 5.76 Å². The van der Waals surface area contributed by atoms with Gasteiger partial charge in [-0.05, 0) is 7.05 Å². The van der Waals surface area contributed by atoms with Gasteiger partial charge in [-0.2, -0.15) is 0 Å². The quantitative estimate of drug-likeness (QED) is 0.541. The van der Waals surface area contributed by atoms with Crippen LogP contribution in [0.3, 0.4) is 0 Å². The maximum Gasteiger partial charge on any atom is 0.244 e. The van der Waals surface area contributed by atoms with Gasteiger partial charge in [0.25, 0.3) is 0 Å². The number of methoxy groups -OCH3 is 1. The Labute approximate surface area is 66.6 Å². The first-order valence-corrected chi connectivity index (χ1v) is 3.29. The summed E-state index contributed by atoms with van der Waals surface area (Å²) in [5.41, 5.74) is 0. The molecule has 0 aliphatic rings. The van der Waals surface area contributed by atoms with Crippen LogP contribution < -0.4 is 10.6 Å². The first kappa shape index (κ1) is 9.97. The van der Waals surface area contributed by atoms with Gasteiger partial charge in [0.1, 0.15) is 11.8 Å². The molecular formula is C7H14N2O2. The monoisotopic (exact) mass is 158 g/mol. The molecule has 2 N–H and O–H groups in total. The molecule has 0 aromatic heterocycles. The third-order valence-electron chi connectivity index (χ3n) is 1.38. The Hall–Kier alpha value is -1.03. The molecule has 4 heteroatoms. The summed E-state index contributed by atoms with van der Waals surface area (Å²) in [5.74, 6) is 0.256. The lowest BCUT2D eigenvalue weighted by atomic mass is 10.2. The number of carbonyl (C=O) groups excluding carboxylic acids is 1. The average Bonchev–Trinajstić information content (AvgIpc) is 2.05. The molecule has 0 spiro atoms. The van der Waals surface area contributed by atoms with E-state index >= 15 is 0 Å². The van der Waals surface area contributed by atoms with Gasteiger partial charge < -0.3 is 15.4 Å². The van der Waals surface area contributed by atoms with E-state index in [1.165, 1.54) is 7.11 Å². The van der Waals surface area contributed by atoms with Crippen molar-refractivity contribution in [2.75, 3.05) is 21.2 Å². The molecule has 0 aromatic rings. The van der Waals surface area contributed by atoms with Gasteiger partial charge in [0.2, 0.25) is 5.91 Å². The molecule has 1 unspecified atom stereocenters. The molecule has 0 aromatic carbocycles. The van der Waals surface area contributed by atoms with Gasteiger partial charge in [0.05, 0.1) is 7.11 Å². The Balaban J connectivity index is 4.15. The standard InChI is InChI=1S/C7H14N2O2/c1-5(11-4)6(8-2)7(10)9-3/h6,8H,1H2,2-4H3,(H,9,10). The summed E-state index contributed by atoms with van der Waals surface area (Å²) in [6, 6.07) is -0.468. The second kappa shape index (κ2) is 4.73. The van der Waals surface area contributed by atoms with Gasteiger partial charge in [-0.1, -0.05) is 6.58 Å². The van der Waals surface area contributed by atoms with E-state index in [9.17, 15) is 4.79 Å². The summed E-state index contributed by atoms with van der Waals surface area (Å²) in [6.45, 7) is 3.57. The molecule has 0 saturated heterocycles. The van der Waals surface area contributed by atoms with Crippen molar-refractivity contribution in [1.82, 2.24) is 10.6 Å². The largest absolute Gasteiger partial charge is 0.499 e. The van der Waals surface area contributed by atoms with Crippen LogP contribution in [0.5, 0.6) is 0 Å². The van der Waals surface area contributed by atoms with Crippen molar-refractivity contribution in [1.29, 1.82) is 0 Å². The van der Waals surface area contributed by atoms with Crippen LogP contribution in [0.25, 0.3) is 0 Å². The molecule has 1 atom stereocenters. The number of hydrogen-bond donors (Lipinski definition) is 2. The highest BCUT2D eigenvalue weighted by molar-refractivity contribution is 5.84. The minimum Gasteiger partial charge on any atom is -0.499 e. The second-order valence-corrected chi connectivity index (χ2v) is 2.01. The number of nitrogens with one attached hydrogen (secondary N) is 2. The van der Waals surface area contributed by atoms with Crippen molar-refractivity contribution >= 4 is 5.91 Å². The number of rotatable bonds is 4. The van der Waals surface area contributed by atoms with Gasteiger partial charge in [-0.15, -0.1) is 0 Å². The first-order valence-electron chi connectivity index (χ1n) is 3.29. The summed E-state index contributed by atoms with van der Waals surface area (Å²) < 4.78 is 4.81. The van der Waals surface area contributed by atoms with Gasteiger partial charge in [-0.25, -0.2) is 0 Å². The summed E-state index contributed by atoms with van der Waals surface area (Å²) in [6.07, 6.45) is 0. The third kappa shape index (κ3) is 2.59. The molecule has 0 radical (unpaired) electrons. The molecule has 1 amide bonds. The number of amides is 1. The van der Waals surface area contributed by atoms with Crippen LogP contribution in [0.4, 0.5) is 0 Å². The van der Waals surface area contributed by atoms with Crippen molar-refractivity contribution in [3.05, 3.63) is 12.3 Å². The third-order valence-corrected chi connectivity index (χ3v) is 1.38. The fraction of sp³-hybridized carbons (Fsp3) is 0.571. The smallest absolute Gasteiger partial charge is 0.244 e. The lowest BCUT2D eigenvalue weighted by Crippen LogP contribution is -2.42. The number of carbonyl (C=O) groups is 1. The Morgan fingerprint density at radius 3 is 2.36 bits per heavy atom. The fourth-order valence-electron chi connectivity index (χ4n) is 0.700. The minimum absolute atomic E-state index is 0.153. The van der Waals surface area contributed by atoms with Crippen LogP contribution in [0.1, 0.15) is 0 Å². The zero-order chi connectivity index (χ0) is 8.85. The van der Waals surface area contributed by atoms with Crippen LogP contribution in [0.15, 0.2) is 12.3 Å². The van der Waals surface area contributed by atoms with Crippen molar-refractivity contribution < 1.29 is 9.53 Å². The normalized spacial score (nSPS) is 11.9. The molecule has 0 heterocycles. The van der Waals surface area contributed by atoms with Crippen LogP contribution in [0.2, 0.25) is 0 Å². The second-order valence-electron chi connectivity index (χ2n) is 2.01.